The minimum absolute atomic E-state index is 0.411. The van der Waals surface area contributed by atoms with Crippen molar-refractivity contribution in [1.29, 1.82) is 0 Å². The van der Waals surface area contributed by atoms with Gasteiger partial charge >= 0.3 is 0 Å². The number of likely N-dealkylation sites (tertiary alicyclic amines) is 1. The number of nitrogens with one attached hydrogen (secondary N) is 1. The van der Waals surface area contributed by atoms with Gasteiger partial charge in [-0.1, -0.05) is 19.3 Å². The van der Waals surface area contributed by atoms with Gasteiger partial charge in [0, 0.05) is 12.6 Å². The first-order chi connectivity index (χ1) is 10.3. The minimum Gasteiger partial charge on any atom is -0.468 e. The standard InChI is InChI=1S/C18H30N2O/c1-15(16-8-3-2-4-9-16)19-14-17(18-10-7-13-21-18)20-11-5-6-12-20/h7,10,13,15-17,19H,2-6,8-9,11-12,14H2,1H3. The van der Waals surface area contributed by atoms with E-state index >= 15 is 0 Å². The SMILES string of the molecule is CC(NCC(c1ccco1)N1CCCC1)C1CCCCC1. The molecule has 1 N–H and O–H groups in total. The molecule has 2 atom stereocenters. The van der Waals surface area contributed by atoms with Gasteiger partial charge in [0.05, 0.1) is 12.3 Å². The molecule has 2 aliphatic rings. The van der Waals surface area contributed by atoms with Crippen molar-refractivity contribution in [3.8, 4) is 0 Å². The van der Waals surface area contributed by atoms with Crippen LogP contribution in [0.2, 0.25) is 0 Å². The lowest BCUT2D eigenvalue weighted by Gasteiger charge is -2.32. The van der Waals surface area contributed by atoms with Crippen LogP contribution in [-0.4, -0.2) is 30.6 Å². The molecule has 0 bridgehead atoms. The van der Waals surface area contributed by atoms with Crippen LogP contribution in [0, 0.1) is 5.92 Å². The molecule has 1 aromatic heterocycles. The van der Waals surface area contributed by atoms with E-state index in [1.54, 1.807) is 0 Å². The van der Waals surface area contributed by atoms with Crippen molar-refractivity contribution in [3.63, 3.8) is 0 Å². The summed E-state index contributed by atoms with van der Waals surface area (Å²) in [5.41, 5.74) is 0. The molecule has 2 heterocycles. The van der Waals surface area contributed by atoms with Gasteiger partial charge in [0.25, 0.3) is 0 Å². The molecule has 3 nitrogen and oxygen atoms in total. The summed E-state index contributed by atoms with van der Waals surface area (Å²) in [7, 11) is 0. The van der Waals surface area contributed by atoms with Crippen LogP contribution in [0.15, 0.2) is 22.8 Å². The third-order valence-corrected chi connectivity index (χ3v) is 5.44. The van der Waals surface area contributed by atoms with Crippen molar-refractivity contribution in [2.24, 2.45) is 5.92 Å². The van der Waals surface area contributed by atoms with Crippen molar-refractivity contribution in [1.82, 2.24) is 10.2 Å². The zero-order chi connectivity index (χ0) is 14.5. The van der Waals surface area contributed by atoms with Crippen LogP contribution in [0.5, 0.6) is 0 Å². The Morgan fingerprint density at radius 3 is 2.62 bits per heavy atom. The molecule has 3 rings (SSSR count). The maximum atomic E-state index is 5.70. The molecule has 1 aliphatic heterocycles. The van der Waals surface area contributed by atoms with Crippen molar-refractivity contribution in [3.05, 3.63) is 24.2 Å². The zero-order valence-corrected chi connectivity index (χ0v) is 13.4. The zero-order valence-electron chi connectivity index (χ0n) is 13.4. The average molecular weight is 290 g/mol. The normalized spacial score (nSPS) is 24.2. The molecular weight excluding hydrogens is 260 g/mol. The fourth-order valence-electron chi connectivity index (χ4n) is 4.04. The third-order valence-electron chi connectivity index (χ3n) is 5.44. The molecule has 1 aliphatic carbocycles. The minimum atomic E-state index is 0.411. The van der Waals surface area contributed by atoms with E-state index in [0.717, 1.165) is 18.2 Å². The van der Waals surface area contributed by atoms with E-state index in [0.29, 0.717) is 12.1 Å². The fourth-order valence-corrected chi connectivity index (χ4v) is 4.04. The lowest BCUT2D eigenvalue weighted by Crippen LogP contribution is -2.41. The van der Waals surface area contributed by atoms with Gasteiger partial charge in [0.15, 0.2) is 0 Å². The van der Waals surface area contributed by atoms with Gasteiger partial charge in [0.1, 0.15) is 5.76 Å². The quantitative estimate of drug-likeness (QED) is 0.859. The largest absolute Gasteiger partial charge is 0.468 e. The van der Waals surface area contributed by atoms with E-state index in [1.807, 2.05) is 12.3 Å². The van der Waals surface area contributed by atoms with E-state index in [2.05, 4.69) is 23.2 Å². The molecule has 3 heteroatoms. The predicted molar refractivity (Wildman–Crippen MR) is 86.3 cm³/mol. The Labute approximate surface area is 129 Å². The van der Waals surface area contributed by atoms with E-state index < -0.39 is 0 Å². The highest BCUT2D eigenvalue weighted by Gasteiger charge is 2.27. The number of rotatable bonds is 6. The summed E-state index contributed by atoms with van der Waals surface area (Å²) in [4.78, 5) is 2.58. The Hall–Kier alpha value is -0.800. The van der Waals surface area contributed by atoms with Gasteiger partial charge in [-0.25, -0.2) is 0 Å². The number of furan rings is 1. The second-order valence-electron chi connectivity index (χ2n) is 6.87. The molecule has 1 saturated carbocycles. The van der Waals surface area contributed by atoms with Crippen molar-refractivity contribution in [2.75, 3.05) is 19.6 Å². The van der Waals surface area contributed by atoms with Crippen LogP contribution in [0.3, 0.4) is 0 Å². The van der Waals surface area contributed by atoms with Gasteiger partial charge in [-0.15, -0.1) is 0 Å². The van der Waals surface area contributed by atoms with Crippen LogP contribution in [0.1, 0.15) is 63.7 Å². The summed E-state index contributed by atoms with van der Waals surface area (Å²) in [5.74, 6) is 2.00. The summed E-state index contributed by atoms with van der Waals surface area (Å²) in [6, 6.07) is 5.19. The highest BCUT2D eigenvalue weighted by atomic mass is 16.3. The highest BCUT2D eigenvalue weighted by Crippen LogP contribution is 2.28. The monoisotopic (exact) mass is 290 g/mol. The van der Waals surface area contributed by atoms with E-state index in [4.69, 9.17) is 4.42 Å². The molecule has 2 unspecified atom stereocenters. The molecule has 1 saturated heterocycles. The number of nitrogens with zero attached hydrogens (tertiary/aromatic N) is 1. The van der Waals surface area contributed by atoms with Crippen molar-refractivity contribution in [2.45, 2.75) is 64.0 Å². The molecule has 21 heavy (non-hydrogen) atoms. The topological polar surface area (TPSA) is 28.4 Å². The van der Waals surface area contributed by atoms with Gasteiger partial charge in [0.2, 0.25) is 0 Å². The Morgan fingerprint density at radius 1 is 1.19 bits per heavy atom. The lowest BCUT2D eigenvalue weighted by atomic mass is 9.84. The van der Waals surface area contributed by atoms with Gasteiger partial charge in [-0.05, 0) is 63.7 Å². The molecule has 0 aromatic carbocycles. The molecule has 2 fully saturated rings. The smallest absolute Gasteiger partial charge is 0.122 e. The Balaban J connectivity index is 1.56. The first-order valence-electron chi connectivity index (χ1n) is 8.85. The van der Waals surface area contributed by atoms with Gasteiger partial charge in [-0.2, -0.15) is 0 Å². The summed E-state index contributed by atoms with van der Waals surface area (Å²) < 4.78 is 5.70. The maximum absolute atomic E-state index is 5.70. The summed E-state index contributed by atoms with van der Waals surface area (Å²) in [5, 5.41) is 3.82. The van der Waals surface area contributed by atoms with E-state index in [9.17, 15) is 0 Å². The number of hydrogen-bond acceptors (Lipinski definition) is 3. The Kier molecular flexibility index (Phi) is 5.37. The van der Waals surface area contributed by atoms with Crippen LogP contribution in [0.25, 0.3) is 0 Å². The van der Waals surface area contributed by atoms with Crippen molar-refractivity contribution < 1.29 is 4.42 Å². The Bertz CT molecular complexity index is 391. The van der Waals surface area contributed by atoms with E-state index in [-0.39, 0.29) is 0 Å². The number of hydrogen-bond donors (Lipinski definition) is 1. The van der Waals surface area contributed by atoms with Crippen LogP contribution in [-0.2, 0) is 0 Å². The molecule has 0 amide bonds. The molecule has 0 radical (unpaired) electrons. The summed E-state index contributed by atoms with van der Waals surface area (Å²) in [6.45, 7) is 5.82. The maximum Gasteiger partial charge on any atom is 0.122 e. The van der Waals surface area contributed by atoms with Crippen LogP contribution >= 0.6 is 0 Å². The second-order valence-corrected chi connectivity index (χ2v) is 6.87. The van der Waals surface area contributed by atoms with Crippen molar-refractivity contribution >= 4 is 0 Å². The third kappa shape index (κ3) is 3.89. The fraction of sp³-hybridized carbons (Fsp3) is 0.778. The predicted octanol–water partition coefficient (Wildman–Crippen LogP) is 3.97. The summed E-state index contributed by atoms with van der Waals surface area (Å²) >= 11 is 0. The first-order valence-corrected chi connectivity index (χ1v) is 8.85. The highest BCUT2D eigenvalue weighted by molar-refractivity contribution is 5.06. The van der Waals surface area contributed by atoms with Gasteiger partial charge < -0.3 is 9.73 Å². The summed E-state index contributed by atoms with van der Waals surface area (Å²) in [6.07, 6.45) is 11.6. The molecule has 118 valence electrons. The van der Waals surface area contributed by atoms with Gasteiger partial charge in [-0.3, -0.25) is 4.90 Å². The molecule has 1 aromatic rings. The first kappa shape index (κ1) is 15.1. The van der Waals surface area contributed by atoms with E-state index in [1.165, 1.54) is 58.0 Å². The second kappa shape index (κ2) is 7.46. The average Bonchev–Trinajstić information content (AvgIpc) is 3.22. The van der Waals surface area contributed by atoms with Crippen LogP contribution in [0.4, 0.5) is 0 Å². The lowest BCUT2D eigenvalue weighted by molar-refractivity contribution is 0.192. The molecule has 0 spiro atoms. The molecular formula is C18H30N2O. The Morgan fingerprint density at radius 2 is 1.95 bits per heavy atom. The van der Waals surface area contributed by atoms with Crippen LogP contribution < -0.4 is 5.32 Å².